The van der Waals surface area contributed by atoms with Crippen molar-refractivity contribution in [2.75, 3.05) is 7.11 Å². The predicted octanol–water partition coefficient (Wildman–Crippen LogP) is 4.01. The monoisotopic (exact) mass is 307 g/mol. The molecule has 1 aliphatic rings. The Bertz CT molecular complexity index is 677. The van der Waals surface area contributed by atoms with E-state index in [2.05, 4.69) is 0 Å². The lowest BCUT2D eigenvalue weighted by atomic mass is 9.93. The van der Waals surface area contributed by atoms with Crippen molar-refractivity contribution < 1.29 is 13.9 Å². The predicted molar refractivity (Wildman–Crippen MR) is 79.3 cm³/mol. The van der Waals surface area contributed by atoms with Crippen molar-refractivity contribution >= 4 is 11.6 Å². The fourth-order valence-corrected chi connectivity index (χ4v) is 2.72. The zero-order valence-electron chi connectivity index (χ0n) is 11.5. The van der Waals surface area contributed by atoms with Gasteiger partial charge in [-0.2, -0.15) is 0 Å². The molecule has 2 aromatic carbocycles. The normalized spacial score (nSPS) is 20.6. The molecular weight excluding hydrogens is 293 g/mol. The van der Waals surface area contributed by atoms with Crippen molar-refractivity contribution in [1.82, 2.24) is 0 Å². The van der Waals surface area contributed by atoms with Crippen molar-refractivity contribution in [2.45, 2.75) is 18.6 Å². The van der Waals surface area contributed by atoms with Crippen LogP contribution in [-0.4, -0.2) is 7.11 Å². The van der Waals surface area contributed by atoms with E-state index < -0.39 is 6.10 Å². The second-order valence-electron chi connectivity index (χ2n) is 5.02. The molecule has 0 spiro atoms. The van der Waals surface area contributed by atoms with E-state index in [4.69, 9.17) is 26.8 Å². The summed E-state index contributed by atoms with van der Waals surface area (Å²) in [5, 5.41) is 0.360. The van der Waals surface area contributed by atoms with Gasteiger partial charge in [0.25, 0.3) is 0 Å². The summed E-state index contributed by atoms with van der Waals surface area (Å²) < 4.78 is 25.1. The van der Waals surface area contributed by atoms with Crippen LogP contribution in [-0.2, 0) is 0 Å². The topological polar surface area (TPSA) is 44.5 Å². The molecule has 1 heterocycles. The lowest BCUT2D eigenvalue weighted by Crippen LogP contribution is -2.24. The van der Waals surface area contributed by atoms with Gasteiger partial charge in [-0.15, -0.1) is 0 Å². The highest BCUT2D eigenvalue weighted by Crippen LogP contribution is 2.42. The van der Waals surface area contributed by atoms with E-state index in [9.17, 15) is 4.39 Å². The number of hydrogen-bond acceptors (Lipinski definition) is 3. The van der Waals surface area contributed by atoms with Gasteiger partial charge in [-0.25, -0.2) is 4.39 Å². The third-order valence-electron chi connectivity index (χ3n) is 3.67. The minimum atomic E-state index is -0.433. The Morgan fingerprint density at radius 2 is 2.00 bits per heavy atom. The molecule has 2 unspecified atom stereocenters. The number of methoxy groups -OCH3 is 1. The molecule has 0 fully saturated rings. The van der Waals surface area contributed by atoms with Crippen LogP contribution in [0.1, 0.15) is 29.7 Å². The molecule has 0 saturated heterocycles. The van der Waals surface area contributed by atoms with Crippen molar-refractivity contribution in [1.29, 1.82) is 0 Å². The van der Waals surface area contributed by atoms with Gasteiger partial charge >= 0.3 is 0 Å². The molecule has 2 N–H and O–H groups in total. The van der Waals surface area contributed by atoms with E-state index in [0.29, 0.717) is 28.5 Å². The minimum Gasteiger partial charge on any atom is -0.497 e. The molecule has 2 aromatic rings. The van der Waals surface area contributed by atoms with Gasteiger partial charge in [0.2, 0.25) is 0 Å². The maximum Gasteiger partial charge on any atom is 0.131 e. The van der Waals surface area contributed by atoms with Gasteiger partial charge in [-0.3, -0.25) is 0 Å². The zero-order chi connectivity index (χ0) is 15.0. The second-order valence-corrected chi connectivity index (χ2v) is 5.45. The van der Waals surface area contributed by atoms with E-state index in [1.807, 2.05) is 12.1 Å². The summed E-state index contributed by atoms with van der Waals surface area (Å²) in [6.45, 7) is 0. The summed E-state index contributed by atoms with van der Waals surface area (Å²) in [6.07, 6.45) is 0.0783. The first-order valence-electron chi connectivity index (χ1n) is 6.63. The largest absolute Gasteiger partial charge is 0.497 e. The molecule has 0 bridgehead atoms. The standard InChI is InChI=1S/C16H15ClFNO2/c1-20-10-3-5-12-14(19)8-16(21-15(12)7-10)11-4-2-9(17)6-13(11)18/h2-7,14,16H,8,19H2,1H3. The average molecular weight is 308 g/mol. The highest BCUT2D eigenvalue weighted by molar-refractivity contribution is 6.30. The number of halogens is 2. The third-order valence-corrected chi connectivity index (χ3v) is 3.90. The van der Waals surface area contributed by atoms with Crippen LogP contribution in [0.25, 0.3) is 0 Å². The van der Waals surface area contributed by atoms with Crippen LogP contribution < -0.4 is 15.2 Å². The number of fused-ring (bicyclic) bond motifs is 1. The number of rotatable bonds is 2. The average Bonchev–Trinajstić information content (AvgIpc) is 2.46. The van der Waals surface area contributed by atoms with Crippen molar-refractivity contribution in [3.8, 4) is 11.5 Å². The molecule has 1 aliphatic heterocycles. The summed E-state index contributed by atoms with van der Waals surface area (Å²) in [4.78, 5) is 0. The molecule has 5 heteroatoms. The first kappa shape index (κ1) is 14.2. The summed E-state index contributed by atoms with van der Waals surface area (Å²) in [7, 11) is 1.58. The molecule has 110 valence electrons. The van der Waals surface area contributed by atoms with E-state index >= 15 is 0 Å². The molecule has 21 heavy (non-hydrogen) atoms. The van der Waals surface area contributed by atoms with E-state index in [1.54, 1.807) is 25.3 Å². The lowest BCUT2D eigenvalue weighted by Gasteiger charge is -2.31. The number of ether oxygens (including phenoxy) is 2. The summed E-state index contributed by atoms with van der Waals surface area (Å²) in [6, 6.07) is 9.86. The van der Waals surface area contributed by atoms with Gasteiger partial charge in [0.1, 0.15) is 23.4 Å². The first-order chi connectivity index (χ1) is 10.1. The Morgan fingerprint density at radius 1 is 1.24 bits per heavy atom. The molecule has 0 amide bonds. The maximum atomic E-state index is 14.1. The highest BCUT2D eigenvalue weighted by Gasteiger charge is 2.29. The van der Waals surface area contributed by atoms with Crippen molar-refractivity contribution in [3.63, 3.8) is 0 Å². The maximum absolute atomic E-state index is 14.1. The zero-order valence-corrected chi connectivity index (χ0v) is 12.2. The van der Waals surface area contributed by atoms with Gasteiger partial charge in [0, 0.05) is 34.7 Å². The minimum absolute atomic E-state index is 0.209. The van der Waals surface area contributed by atoms with Crippen LogP contribution in [0.4, 0.5) is 4.39 Å². The fourth-order valence-electron chi connectivity index (χ4n) is 2.56. The Labute approximate surface area is 127 Å². The van der Waals surface area contributed by atoms with Gasteiger partial charge in [-0.05, 0) is 18.2 Å². The number of benzene rings is 2. The molecule has 3 rings (SSSR count). The van der Waals surface area contributed by atoms with Crippen LogP contribution in [0.2, 0.25) is 5.02 Å². The Kier molecular flexibility index (Phi) is 3.74. The van der Waals surface area contributed by atoms with Gasteiger partial charge < -0.3 is 15.2 Å². The van der Waals surface area contributed by atoms with Gasteiger partial charge in [-0.1, -0.05) is 23.7 Å². The van der Waals surface area contributed by atoms with E-state index in [0.717, 1.165) is 5.56 Å². The quantitative estimate of drug-likeness (QED) is 0.911. The fraction of sp³-hybridized carbons (Fsp3) is 0.250. The van der Waals surface area contributed by atoms with E-state index in [-0.39, 0.29) is 11.9 Å². The Hall–Kier alpha value is -1.78. The lowest BCUT2D eigenvalue weighted by molar-refractivity contribution is 0.157. The molecule has 3 nitrogen and oxygen atoms in total. The smallest absolute Gasteiger partial charge is 0.131 e. The van der Waals surface area contributed by atoms with Crippen LogP contribution in [0.5, 0.6) is 11.5 Å². The Balaban J connectivity index is 1.96. The SMILES string of the molecule is COc1ccc2c(c1)OC(c1ccc(Cl)cc1F)CC2N. The first-order valence-corrected chi connectivity index (χ1v) is 7.01. The molecular formula is C16H15ClFNO2. The molecule has 0 aromatic heterocycles. The van der Waals surface area contributed by atoms with Gasteiger partial charge in [0.15, 0.2) is 0 Å². The highest BCUT2D eigenvalue weighted by atomic mass is 35.5. The van der Waals surface area contributed by atoms with Crippen LogP contribution in [0, 0.1) is 5.82 Å². The Morgan fingerprint density at radius 3 is 2.71 bits per heavy atom. The summed E-state index contributed by atoms with van der Waals surface area (Å²) in [5.74, 6) is 0.927. The molecule has 0 aliphatic carbocycles. The second kappa shape index (κ2) is 5.54. The van der Waals surface area contributed by atoms with Crippen molar-refractivity contribution in [2.24, 2.45) is 5.73 Å². The molecule has 0 saturated carbocycles. The number of hydrogen-bond donors (Lipinski definition) is 1. The molecule has 2 atom stereocenters. The van der Waals surface area contributed by atoms with Crippen molar-refractivity contribution in [3.05, 3.63) is 58.4 Å². The van der Waals surface area contributed by atoms with Crippen LogP contribution in [0.15, 0.2) is 36.4 Å². The molecule has 0 radical (unpaired) electrons. The summed E-state index contributed by atoms with van der Waals surface area (Å²) >= 11 is 5.78. The number of nitrogens with two attached hydrogens (primary N) is 1. The van der Waals surface area contributed by atoms with E-state index in [1.165, 1.54) is 6.07 Å². The van der Waals surface area contributed by atoms with Crippen LogP contribution >= 0.6 is 11.6 Å². The van der Waals surface area contributed by atoms with Gasteiger partial charge in [0.05, 0.1) is 7.11 Å². The third kappa shape index (κ3) is 2.69. The van der Waals surface area contributed by atoms with Crippen LogP contribution in [0.3, 0.4) is 0 Å². The summed E-state index contributed by atoms with van der Waals surface area (Å²) in [5.41, 5.74) is 7.54.